The van der Waals surface area contributed by atoms with Gasteiger partial charge in [0.1, 0.15) is 0 Å². The van der Waals surface area contributed by atoms with Crippen LogP contribution in [0.3, 0.4) is 0 Å². The summed E-state index contributed by atoms with van der Waals surface area (Å²) in [5.74, 6) is 0. The largest absolute Gasteiger partial charge is 0.380 e. The van der Waals surface area contributed by atoms with Crippen LogP contribution in [0.15, 0.2) is 59.0 Å². The lowest BCUT2D eigenvalue weighted by atomic mass is 10.1. The number of hydrogen-bond donors (Lipinski definition) is 3. The van der Waals surface area contributed by atoms with Gasteiger partial charge in [-0.1, -0.05) is 0 Å². The molecule has 0 saturated carbocycles. The molecule has 4 aromatic rings. The van der Waals surface area contributed by atoms with E-state index in [0.717, 1.165) is 34.8 Å². The molecule has 0 radical (unpaired) electrons. The summed E-state index contributed by atoms with van der Waals surface area (Å²) in [6.07, 6.45) is 2.05. The second-order valence-electron chi connectivity index (χ2n) is 6.50. The standard InChI is InChI=1S/C20H17N5OS/c1-12-8-18(26)24-25(12)15-4-2-14(3-5-15)21-9-13-10-22-16-6-7-17-20(19(13)16)27-11-23-17/h2-9,11,21-22H,10H2,1H3,(H,24,26). The van der Waals surface area contributed by atoms with Gasteiger partial charge in [0.25, 0.3) is 5.56 Å². The lowest BCUT2D eigenvalue weighted by Crippen LogP contribution is -2.04. The van der Waals surface area contributed by atoms with Crippen LogP contribution in [0.4, 0.5) is 11.4 Å². The molecule has 27 heavy (non-hydrogen) atoms. The third-order valence-corrected chi connectivity index (χ3v) is 5.60. The maximum absolute atomic E-state index is 11.5. The molecule has 6 nitrogen and oxygen atoms in total. The Balaban J connectivity index is 1.42. The predicted octanol–water partition coefficient (Wildman–Crippen LogP) is 3.96. The Labute approximate surface area is 159 Å². The molecule has 1 aliphatic rings. The van der Waals surface area contributed by atoms with Crippen molar-refractivity contribution in [2.75, 3.05) is 17.2 Å². The van der Waals surface area contributed by atoms with Crippen LogP contribution in [0, 0.1) is 6.92 Å². The molecule has 0 aliphatic carbocycles. The number of benzene rings is 2. The number of fused-ring (bicyclic) bond motifs is 3. The first-order chi connectivity index (χ1) is 13.2. The summed E-state index contributed by atoms with van der Waals surface area (Å²) in [6, 6.07) is 13.7. The Morgan fingerprint density at radius 1 is 1.22 bits per heavy atom. The Morgan fingerprint density at radius 3 is 2.85 bits per heavy atom. The molecule has 7 heteroatoms. The van der Waals surface area contributed by atoms with Crippen molar-refractivity contribution in [1.82, 2.24) is 14.8 Å². The average molecular weight is 375 g/mol. The molecule has 0 amide bonds. The lowest BCUT2D eigenvalue weighted by Gasteiger charge is -2.08. The van der Waals surface area contributed by atoms with E-state index in [-0.39, 0.29) is 5.56 Å². The Bertz CT molecular complexity index is 1230. The molecular formula is C20H17N5OS. The van der Waals surface area contributed by atoms with Gasteiger partial charge in [0.05, 0.1) is 21.4 Å². The molecule has 0 spiro atoms. The van der Waals surface area contributed by atoms with E-state index < -0.39 is 0 Å². The molecule has 134 valence electrons. The SMILES string of the molecule is Cc1cc(=O)[nH]n1-c1ccc(NC=C2CNc3ccc4ncsc4c32)cc1. The number of aryl methyl sites for hydroxylation is 1. The summed E-state index contributed by atoms with van der Waals surface area (Å²) in [5, 5.41) is 9.62. The number of aromatic nitrogens is 3. The first-order valence-electron chi connectivity index (χ1n) is 8.64. The highest BCUT2D eigenvalue weighted by Crippen LogP contribution is 2.38. The summed E-state index contributed by atoms with van der Waals surface area (Å²) < 4.78 is 3.00. The number of hydrogen-bond acceptors (Lipinski definition) is 5. The van der Waals surface area contributed by atoms with Crippen molar-refractivity contribution in [2.24, 2.45) is 0 Å². The molecule has 2 aromatic heterocycles. The average Bonchev–Trinajstić information content (AvgIpc) is 3.38. The maximum Gasteiger partial charge on any atom is 0.264 e. The van der Waals surface area contributed by atoms with E-state index in [2.05, 4.69) is 39.0 Å². The third-order valence-electron chi connectivity index (χ3n) is 4.74. The van der Waals surface area contributed by atoms with Crippen LogP contribution in [0.2, 0.25) is 0 Å². The molecule has 0 fully saturated rings. The second-order valence-corrected chi connectivity index (χ2v) is 7.36. The molecule has 0 bridgehead atoms. The van der Waals surface area contributed by atoms with E-state index in [1.165, 1.54) is 15.8 Å². The van der Waals surface area contributed by atoms with E-state index in [9.17, 15) is 4.79 Å². The summed E-state index contributed by atoms with van der Waals surface area (Å²) in [4.78, 5) is 15.9. The Kier molecular flexibility index (Phi) is 3.61. The zero-order valence-electron chi connectivity index (χ0n) is 14.6. The van der Waals surface area contributed by atoms with Crippen molar-refractivity contribution in [2.45, 2.75) is 6.92 Å². The fourth-order valence-corrected chi connectivity index (χ4v) is 4.30. The van der Waals surface area contributed by atoms with Gasteiger partial charge in [-0.15, -0.1) is 11.3 Å². The minimum atomic E-state index is -0.0961. The van der Waals surface area contributed by atoms with Crippen LogP contribution in [0.5, 0.6) is 0 Å². The van der Waals surface area contributed by atoms with Gasteiger partial charge < -0.3 is 10.6 Å². The predicted molar refractivity (Wildman–Crippen MR) is 111 cm³/mol. The number of nitrogens with one attached hydrogen (secondary N) is 3. The molecule has 3 heterocycles. The van der Waals surface area contributed by atoms with Crippen LogP contribution < -0.4 is 16.2 Å². The van der Waals surface area contributed by atoms with Gasteiger partial charge in [-0.2, -0.15) is 0 Å². The molecule has 3 N–H and O–H groups in total. The topological polar surface area (TPSA) is 74.7 Å². The van der Waals surface area contributed by atoms with Crippen LogP contribution in [-0.2, 0) is 0 Å². The highest BCUT2D eigenvalue weighted by molar-refractivity contribution is 7.17. The number of rotatable bonds is 3. The number of thiazole rings is 1. The Hall–Kier alpha value is -3.32. The van der Waals surface area contributed by atoms with Crippen molar-refractivity contribution in [3.63, 3.8) is 0 Å². The highest BCUT2D eigenvalue weighted by atomic mass is 32.1. The van der Waals surface area contributed by atoms with Crippen LogP contribution in [0.1, 0.15) is 11.3 Å². The van der Waals surface area contributed by atoms with Crippen molar-refractivity contribution in [3.05, 3.63) is 75.8 Å². The van der Waals surface area contributed by atoms with E-state index in [0.29, 0.717) is 0 Å². The van der Waals surface area contributed by atoms with E-state index in [1.807, 2.05) is 36.7 Å². The molecule has 5 rings (SSSR count). The van der Waals surface area contributed by atoms with Crippen LogP contribution in [-0.4, -0.2) is 21.3 Å². The third kappa shape index (κ3) is 2.72. The molecule has 0 atom stereocenters. The summed E-state index contributed by atoms with van der Waals surface area (Å²) in [5.41, 5.74) is 9.23. The van der Waals surface area contributed by atoms with Crippen molar-refractivity contribution in [1.29, 1.82) is 0 Å². The maximum atomic E-state index is 11.5. The molecule has 0 saturated heterocycles. The minimum absolute atomic E-state index is 0.0961. The quantitative estimate of drug-likeness (QED) is 0.507. The van der Waals surface area contributed by atoms with Crippen molar-refractivity contribution < 1.29 is 0 Å². The van der Waals surface area contributed by atoms with Crippen LogP contribution >= 0.6 is 11.3 Å². The highest BCUT2D eigenvalue weighted by Gasteiger charge is 2.19. The van der Waals surface area contributed by atoms with Gasteiger partial charge in [0.15, 0.2) is 0 Å². The van der Waals surface area contributed by atoms with Crippen LogP contribution in [0.25, 0.3) is 21.5 Å². The lowest BCUT2D eigenvalue weighted by molar-refractivity contribution is 0.834. The van der Waals surface area contributed by atoms with Gasteiger partial charge in [0, 0.05) is 41.4 Å². The number of nitrogens with zero attached hydrogens (tertiary/aromatic N) is 2. The number of H-pyrrole nitrogens is 1. The smallest absolute Gasteiger partial charge is 0.264 e. The molecule has 1 aliphatic heterocycles. The fourth-order valence-electron chi connectivity index (χ4n) is 3.43. The van der Waals surface area contributed by atoms with Gasteiger partial charge in [-0.25, -0.2) is 4.98 Å². The van der Waals surface area contributed by atoms with Gasteiger partial charge >= 0.3 is 0 Å². The number of aromatic amines is 1. The van der Waals surface area contributed by atoms with E-state index in [1.54, 1.807) is 22.1 Å². The van der Waals surface area contributed by atoms with Crippen molar-refractivity contribution >= 4 is 38.5 Å². The monoisotopic (exact) mass is 375 g/mol. The van der Waals surface area contributed by atoms with Gasteiger partial charge in [-0.3, -0.25) is 14.6 Å². The first-order valence-corrected chi connectivity index (χ1v) is 9.52. The summed E-state index contributed by atoms with van der Waals surface area (Å²) >= 11 is 1.67. The molecule has 0 unspecified atom stereocenters. The minimum Gasteiger partial charge on any atom is -0.380 e. The summed E-state index contributed by atoms with van der Waals surface area (Å²) in [7, 11) is 0. The van der Waals surface area contributed by atoms with Gasteiger partial charge in [-0.05, 0) is 48.9 Å². The second kappa shape index (κ2) is 6.14. The van der Waals surface area contributed by atoms with E-state index >= 15 is 0 Å². The number of anilines is 2. The zero-order valence-corrected chi connectivity index (χ0v) is 15.4. The molecular weight excluding hydrogens is 358 g/mol. The summed E-state index contributed by atoms with van der Waals surface area (Å²) in [6.45, 7) is 2.69. The van der Waals surface area contributed by atoms with E-state index in [4.69, 9.17) is 0 Å². The normalized spacial score (nSPS) is 14.5. The van der Waals surface area contributed by atoms with Gasteiger partial charge in [0.2, 0.25) is 0 Å². The fraction of sp³-hybridized carbons (Fsp3) is 0.100. The first kappa shape index (κ1) is 15.9. The Morgan fingerprint density at radius 2 is 2.07 bits per heavy atom. The molecule has 2 aromatic carbocycles. The van der Waals surface area contributed by atoms with Crippen molar-refractivity contribution in [3.8, 4) is 5.69 Å². The zero-order chi connectivity index (χ0) is 18.4.